The second-order valence-electron chi connectivity index (χ2n) is 3.62. The van der Waals surface area contributed by atoms with E-state index in [1.807, 2.05) is 37.5 Å². The summed E-state index contributed by atoms with van der Waals surface area (Å²) in [6.45, 7) is 4.96. The SMILES string of the molecule is CCN(C)C=Nc1cc(OC)c(SC)nc1C. The molecule has 0 radical (unpaired) electrons. The number of hydrogen-bond acceptors (Lipinski definition) is 4. The number of methoxy groups -OCH3 is 1. The standard InChI is InChI=1S/C12H19N3OS/c1-6-15(3)8-13-10-7-11(16-4)12(17-5)14-9(10)2/h7-8H,6H2,1-5H3. The summed E-state index contributed by atoms with van der Waals surface area (Å²) in [6.07, 6.45) is 3.79. The third kappa shape index (κ3) is 3.63. The van der Waals surface area contributed by atoms with Crippen molar-refractivity contribution in [3.63, 3.8) is 0 Å². The number of nitrogens with zero attached hydrogens (tertiary/aromatic N) is 3. The van der Waals surface area contributed by atoms with Gasteiger partial charge in [-0.1, -0.05) is 0 Å². The largest absolute Gasteiger partial charge is 0.494 e. The second-order valence-corrected chi connectivity index (χ2v) is 4.42. The van der Waals surface area contributed by atoms with Crippen LogP contribution in [0.5, 0.6) is 5.75 Å². The van der Waals surface area contributed by atoms with Crippen LogP contribution in [0, 0.1) is 6.92 Å². The fourth-order valence-corrected chi connectivity index (χ4v) is 1.79. The summed E-state index contributed by atoms with van der Waals surface area (Å²) >= 11 is 1.57. The van der Waals surface area contributed by atoms with E-state index in [0.29, 0.717) is 0 Å². The molecule has 1 aromatic heterocycles. The maximum absolute atomic E-state index is 5.29. The molecule has 0 bridgehead atoms. The molecular formula is C12H19N3OS. The highest BCUT2D eigenvalue weighted by Crippen LogP contribution is 2.31. The van der Waals surface area contributed by atoms with Crippen molar-refractivity contribution < 1.29 is 4.74 Å². The van der Waals surface area contributed by atoms with Crippen LogP contribution in [0.1, 0.15) is 12.6 Å². The lowest BCUT2D eigenvalue weighted by molar-refractivity contribution is 0.400. The minimum absolute atomic E-state index is 0.773. The summed E-state index contributed by atoms with van der Waals surface area (Å²) in [7, 11) is 3.64. The molecular weight excluding hydrogens is 234 g/mol. The van der Waals surface area contributed by atoms with Gasteiger partial charge in [0.25, 0.3) is 0 Å². The predicted molar refractivity (Wildman–Crippen MR) is 73.8 cm³/mol. The highest BCUT2D eigenvalue weighted by Gasteiger charge is 2.08. The quantitative estimate of drug-likeness (QED) is 0.459. The Morgan fingerprint density at radius 1 is 1.59 bits per heavy atom. The van der Waals surface area contributed by atoms with Gasteiger partial charge in [-0.05, 0) is 20.1 Å². The van der Waals surface area contributed by atoms with Gasteiger partial charge in [0.2, 0.25) is 0 Å². The van der Waals surface area contributed by atoms with Crippen molar-refractivity contribution in [2.45, 2.75) is 18.9 Å². The van der Waals surface area contributed by atoms with Gasteiger partial charge < -0.3 is 9.64 Å². The Hall–Kier alpha value is -1.23. The average molecular weight is 253 g/mol. The van der Waals surface area contributed by atoms with Crippen molar-refractivity contribution in [2.24, 2.45) is 4.99 Å². The van der Waals surface area contributed by atoms with E-state index in [1.54, 1.807) is 18.9 Å². The number of aryl methyl sites for hydroxylation is 1. The van der Waals surface area contributed by atoms with Gasteiger partial charge in [-0.25, -0.2) is 9.98 Å². The Kier molecular flexibility index (Phi) is 5.28. The molecule has 5 heteroatoms. The van der Waals surface area contributed by atoms with Crippen molar-refractivity contribution in [3.8, 4) is 5.75 Å². The number of rotatable bonds is 5. The molecule has 0 aliphatic rings. The average Bonchev–Trinajstić information content (AvgIpc) is 2.36. The highest BCUT2D eigenvalue weighted by atomic mass is 32.2. The summed E-state index contributed by atoms with van der Waals surface area (Å²) in [6, 6.07) is 1.92. The lowest BCUT2D eigenvalue weighted by atomic mass is 10.3. The summed E-state index contributed by atoms with van der Waals surface area (Å²) < 4.78 is 5.29. The van der Waals surface area contributed by atoms with Crippen LogP contribution in [0.15, 0.2) is 16.1 Å². The number of ether oxygens (including phenoxy) is 1. The number of aromatic nitrogens is 1. The lowest BCUT2D eigenvalue weighted by Crippen LogP contribution is -2.14. The van der Waals surface area contributed by atoms with Crippen molar-refractivity contribution in [3.05, 3.63) is 11.8 Å². The Morgan fingerprint density at radius 2 is 2.29 bits per heavy atom. The normalized spacial score (nSPS) is 10.9. The fraction of sp³-hybridized carbons (Fsp3) is 0.500. The van der Waals surface area contributed by atoms with Gasteiger partial charge in [0.05, 0.1) is 24.8 Å². The minimum atomic E-state index is 0.773. The first kappa shape index (κ1) is 13.8. The molecule has 0 saturated heterocycles. The van der Waals surface area contributed by atoms with E-state index in [-0.39, 0.29) is 0 Å². The van der Waals surface area contributed by atoms with Crippen molar-refractivity contribution in [1.29, 1.82) is 0 Å². The number of thioether (sulfide) groups is 1. The Labute approximate surface area is 107 Å². The van der Waals surface area contributed by atoms with Crippen LogP contribution in [-0.2, 0) is 0 Å². The Morgan fingerprint density at radius 3 is 2.82 bits per heavy atom. The molecule has 0 atom stereocenters. The van der Waals surface area contributed by atoms with E-state index in [1.165, 1.54) is 0 Å². The molecule has 1 rings (SSSR count). The molecule has 1 aromatic rings. The predicted octanol–water partition coefficient (Wildman–Crippen LogP) is 2.73. The van der Waals surface area contributed by atoms with Crippen LogP contribution in [0.3, 0.4) is 0 Å². The van der Waals surface area contributed by atoms with E-state index in [4.69, 9.17) is 4.74 Å². The number of pyridine rings is 1. The fourth-order valence-electron chi connectivity index (χ4n) is 1.22. The first-order valence-corrected chi connectivity index (χ1v) is 6.68. The summed E-state index contributed by atoms with van der Waals surface area (Å²) in [5.41, 5.74) is 1.76. The molecule has 4 nitrogen and oxygen atoms in total. The molecule has 0 aliphatic heterocycles. The zero-order valence-electron chi connectivity index (χ0n) is 11.0. The van der Waals surface area contributed by atoms with Gasteiger partial charge in [-0.15, -0.1) is 11.8 Å². The smallest absolute Gasteiger partial charge is 0.153 e. The molecule has 0 saturated carbocycles. The molecule has 94 valence electrons. The van der Waals surface area contributed by atoms with Crippen LogP contribution in [0.2, 0.25) is 0 Å². The summed E-state index contributed by atoms with van der Waals surface area (Å²) in [4.78, 5) is 10.9. The van der Waals surface area contributed by atoms with Crippen LogP contribution < -0.4 is 4.74 Å². The molecule has 0 N–H and O–H groups in total. The van der Waals surface area contributed by atoms with E-state index in [9.17, 15) is 0 Å². The maximum Gasteiger partial charge on any atom is 0.153 e. The van der Waals surface area contributed by atoms with Crippen LogP contribution in [-0.4, -0.2) is 43.2 Å². The van der Waals surface area contributed by atoms with Crippen molar-refractivity contribution in [1.82, 2.24) is 9.88 Å². The van der Waals surface area contributed by atoms with E-state index in [2.05, 4.69) is 16.9 Å². The number of aliphatic imine (C=N–C) groups is 1. The van der Waals surface area contributed by atoms with Gasteiger partial charge in [0.1, 0.15) is 5.03 Å². The third-order valence-electron chi connectivity index (χ3n) is 2.42. The molecule has 0 aromatic carbocycles. The molecule has 0 aliphatic carbocycles. The third-order valence-corrected chi connectivity index (χ3v) is 3.10. The molecule has 0 amide bonds. The van der Waals surface area contributed by atoms with Crippen LogP contribution in [0.4, 0.5) is 5.69 Å². The van der Waals surface area contributed by atoms with E-state index in [0.717, 1.165) is 28.7 Å². The topological polar surface area (TPSA) is 37.7 Å². The van der Waals surface area contributed by atoms with Gasteiger partial charge >= 0.3 is 0 Å². The number of hydrogen-bond donors (Lipinski definition) is 0. The molecule has 0 spiro atoms. The first-order chi connectivity index (χ1) is 8.12. The van der Waals surface area contributed by atoms with Gasteiger partial charge in [-0.3, -0.25) is 0 Å². The summed E-state index contributed by atoms with van der Waals surface area (Å²) in [5.74, 6) is 0.773. The van der Waals surface area contributed by atoms with E-state index >= 15 is 0 Å². The van der Waals surface area contributed by atoms with Gasteiger partial charge in [-0.2, -0.15) is 0 Å². The Bertz CT molecular complexity index is 407. The maximum atomic E-state index is 5.29. The van der Waals surface area contributed by atoms with Crippen molar-refractivity contribution in [2.75, 3.05) is 27.0 Å². The van der Waals surface area contributed by atoms with Crippen molar-refractivity contribution >= 4 is 23.8 Å². The monoisotopic (exact) mass is 253 g/mol. The molecule has 0 fully saturated rings. The van der Waals surface area contributed by atoms with Crippen LogP contribution in [0.25, 0.3) is 0 Å². The summed E-state index contributed by atoms with van der Waals surface area (Å²) in [5, 5.41) is 0.896. The van der Waals surface area contributed by atoms with E-state index < -0.39 is 0 Å². The first-order valence-electron chi connectivity index (χ1n) is 5.46. The zero-order valence-corrected chi connectivity index (χ0v) is 11.8. The second kappa shape index (κ2) is 6.49. The zero-order chi connectivity index (χ0) is 12.8. The minimum Gasteiger partial charge on any atom is -0.494 e. The van der Waals surface area contributed by atoms with Gasteiger partial charge in [0.15, 0.2) is 5.75 Å². The van der Waals surface area contributed by atoms with Crippen LogP contribution >= 0.6 is 11.8 Å². The molecule has 1 heterocycles. The Balaban J connectivity index is 3.04. The van der Waals surface area contributed by atoms with Gasteiger partial charge in [0, 0.05) is 19.7 Å². The lowest BCUT2D eigenvalue weighted by Gasteiger charge is -2.11. The molecule has 17 heavy (non-hydrogen) atoms. The molecule has 0 unspecified atom stereocenters. The highest BCUT2D eigenvalue weighted by molar-refractivity contribution is 7.98.